The van der Waals surface area contributed by atoms with Gasteiger partial charge in [0, 0.05) is 31.4 Å². The van der Waals surface area contributed by atoms with E-state index in [1.54, 1.807) is 17.1 Å². The van der Waals surface area contributed by atoms with Crippen LogP contribution in [-0.4, -0.2) is 57.7 Å². The number of amides is 1. The minimum atomic E-state index is 0.143. The Hall–Kier alpha value is -1.56. The van der Waals surface area contributed by atoms with Crippen molar-refractivity contribution in [3.8, 4) is 0 Å². The Morgan fingerprint density at radius 2 is 2.21 bits per heavy atom. The zero-order valence-electron chi connectivity index (χ0n) is 11.3. The van der Waals surface area contributed by atoms with E-state index in [4.69, 9.17) is 5.73 Å². The molecule has 3 rings (SSSR count). The molecule has 2 aliphatic heterocycles. The zero-order chi connectivity index (χ0) is 13.4. The van der Waals surface area contributed by atoms with E-state index >= 15 is 0 Å². The highest BCUT2D eigenvalue weighted by molar-refractivity contribution is 5.76. The fourth-order valence-corrected chi connectivity index (χ4v) is 3.24. The van der Waals surface area contributed by atoms with Crippen LogP contribution in [0.15, 0.2) is 12.4 Å². The molecule has 2 aliphatic rings. The van der Waals surface area contributed by atoms with E-state index in [0.29, 0.717) is 17.8 Å². The van der Waals surface area contributed by atoms with Crippen molar-refractivity contribution in [1.29, 1.82) is 0 Å². The molecule has 104 valence electrons. The first-order valence-electron chi connectivity index (χ1n) is 6.91. The summed E-state index contributed by atoms with van der Waals surface area (Å²) in [6, 6.07) is 1.18. The maximum absolute atomic E-state index is 12.3. The predicted octanol–water partition coefficient (Wildman–Crippen LogP) is 0.160. The van der Waals surface area contributed by atoms with Gasteiger partial charge >= 0.3 is 0 Å². The molecular weight excluding hydrogens is 242 g/mol. The molecule has 2 saturated heterocycles. The average molecular weight is 263 g/mol. The summed E-state index contributed by atoms with van der Waals surface area (Å²) in [5, 5.41) is 4.07. The Balaban J connectivity index is 1.64. The van der Waals surface area contributed by atoms with Crippen LogP contribution >= 0.6 is 0 Å². The standard InChI is InChI=1S/C13H21N5O/c1-16-11-2-3-12(16)8-17(5-4-11)13(19)9-18-7-10(14)6-15-18/h6-7,11-12H,2-5,8-9,14H2,1H3. The van der Waals surface area contributed by atoms with E-state index in [0.717, 1.165) is 19.5 Å². The Kier molecular flexibility index (Phi) is 3.18. The normalized spacial score (nSPS) is 27.5. The highest BCUT2D eigenvalue weighted by Crippen LogP contribution is 2.28. The molecule has 1 aromatic rings. The number of carbonyl (C=O) groups is 1. The first-order valence-corrected chi connectivity index (χ1v) is 6.91. The molecule has 1 aromatic heterocycles. The van der Waals surface area contributed by atoms with Gasteiger partial charge in [0.1, 0.15) is 6.54 Å². The number of anilines is 1. The highest BCUT2D eigenvalue weighted by atomic mass is 16.2. The summed E-state index contributed by atoms with van der Waals surface area (Å²) in [5.41, 5.74) is 6.21. The Morgan fingerprint density at radius 1 is 1.42 bits per heavy atom. The first-order chi connectivity index (χ1) is 9.13. The van der Waals surface area contributed by atoms with Gasteiger partial charge in [0.15, 0.2) is 0 Å². The molecule has 3 heterocycles. The minimum Gasteiger partial charge on any atom is -0.396 e. The van der Waals surface area contributed by atoms with Crippen LogP contribution in [0.3, 0.4) is 0 Å². The summed E-state index contributed by atoms with van der Waals surface area (Å²) in [5.74, 6) is 0.143. The topological polar surface area (TPSA) is 67.4 Å². The number of likely N-dealkylation sites (tertiary alicyclic amines) is 1. The van der Waals surface area contributed by atoms with Gasteiger partial charge in [0.25, 0.3) is 0 Å². The molecular formula is C13H21N5O. The molecule has 19 heavy (non-hydrogen) atoms. The SMILES string of the molecule is CN1C2CCC1CN(C(=O)Cn1cc(N)cn1)CC2. The van der Waals surface area contributed by atoms with Gasteiger partial charge in [0.2, 0.25) is 5.91 Å². The lowest BCUT2D eigenvalue weighted by molar-refractivity contribution is -0.132. The van der Waals surface area contributed by atoms with Crippen LogP contribution in [0.25, 0.3) is 0 Å². The van der Waals surface area contributed by atoms with E-state index in [1.165, 1.54) is 12.8 Å². The van der Waals surface area contributed by atoms with E-state index < -0.39 is 0 Å². The van der Waals surface area contributed by atoms with Crippen LogP contribution in [0, 0.1) is 0 Å². The second-order valence-corrected chi connectivity index (χ2v) is 5.65. The number of rotatable bonds is 2. The predicted molar refractivity (Wildman–Crippen MR) is 72.4 cm³/mol. The first kappa shape index (κ1) is 12.5. The zero-order valence-corrected chi connectivity index (χ0v) is 11.3. The summed E-state index contributed by atoms with van der Waals surface area (Å²) < 4.78 is 1.62. The van der Waals surface area contributed by atoms with E-state index in [1.807, 2.05) is 4.90 Å². The monoisotopic (exact) mass is 263 g/mol. The summed E-state index contributed by atoms with van der Waals surface area (Å²) in [6.45, 7) is 2.00. The van der Waals surface area contributed by atoms with Gasteiger partial charge in [-0.15, -0.1) is 0 Å². The number of hydrogen-bond donors (Lipinski definition) is 1. The van der Waals surface area contributed by atoms with Crippen molar-refractivity contribution >= 4 is 11.6 Å². The molecule has 2 fully saturated rings. The van der Waals surface area contributed by atoms with Gasteiger partial charge in [-0.3, -0.25) is 14.4 Å². The van der Waals surface area contributed by atoms with Crippen molar-refractivity contribution in [2.24, 2.45) is 0 Å². The van der Waals surface area contributed by atoms with Gasteiger partial charge in [-0.2, -0.15) is 5.10 Å². The number of hydrogen-bond acceptors (Lipinski definition) is 4. The lowest BCUT2D eigenvalue weighted by Crippen LogP contribution is -2.41. The number of nitrogens with two attached hydrogens (primary N) is 1. The van der Waals surface area contributed by atoms with Crippen LogP contribution in [0.2, 0.25) is 0 Å². The molecule has 0 aromatic carbocycles. The van der Waals surface area contributed by atoms with Crippen LogP contribution in [0.1, 0.15) is 19.3 Å². The number of carbonyl (C=O) groups excluding carboxylic acids is 1. The molecule has 2 bridgehead atoms. The van der Waals surface area contributed by atoms with E-state index in [9.17, 15) is 4.79 Å². The molecule has 0 radical (unpaired) electrons. The van der Waals surface area contributed by atoms with Gasteiger partial charge < -0.3 is 10.6 Å². The molecule has 0 saturated carbocycles. The molecule has 0 aliphatic carbocycles. The fraction of sp³-hybridized carbons (Fsp3) is 0.692. The maximum atomic E-state index is 12.3. The molecule has 6 heteroatoms. The Bertz CT molecular complexity index is 471. The molecule has 0 spiro atoms. The maximum Gasteiger partial charge on any atom is 0.244 e. The van der Waals surface area contributed by atoms with Crippen LogP contribution in [0.5, 0.6) is 0 Å². The van der Waals surface area contributed by atoms with E-state index in [2.05, 4.69) is 17.0 Å². The largest absolute Gasteiger partial charge is 0.396 e. The van der Waals surface area contributed by atoms with Crippen molar-refractivity contribution in [3.63, 3.8) is 0 Å². The van der Waals surface area contributed by atoms with Gasteiger partial charge in [-0.05, 0) is 26.3 Å². The third kappa shape index (κ3) is 2.45. The number of nitrogen functional groups attached to an aromatic ring is 1. The third-order valence-electron chi connectivity index (χ3n) is 4.45. The molecule has 1 amide bonds. The van der Waals surface area contributed by atoms with Crippen molar-refractivity contribution in [2.75, 3.05) is 25.9 Å². The summed E-state index contributed by atoms with van der Waals surface area (Å²) in [7, 11) is 2.19. The third-order valence-corrected chi connectivity index (χ3v) is 4.45. The molecule has 2 atom stereocenters. The quantitative estimate of drug-likeness (QED) is 0.825. The Labute approximate surface area is 113 Å². The molecule has 2 unspecified atom stereocenters. The summed E-state index contributed by atoms with van der Waals surface area (Å²) >= 11 is 0. The van der Waals surface area contributed by atoms with Gasteiger partial charge in [-0.1, -0.05) is 0 Å². The number of aromatic nitrogens is 2. The van der Waals surface area contributed by atoms with Gasteiger partial charge in [-0.25, -0.2) is 0 Å². The molecule has 6 nitrogen and oxygen atoms in total. The highest BCUT2D eigenvalue weighted by Gasteiger charge is 2.35. The van der Waals surface area contributed by atoms with Gasteiger partial charge in [0.05, 0.1) is 11.9 Å². The lowest BCUT2D eigenvalue weighted by Gasteiger charge is -2.25. The smallest absolute Gasteiger partial charge is 0.244 e. The fourth-order valence-electron chi connectivity index (χ4n) is 3.24. The van der Waals surface area contributed by atoms with Crippen molar-refractivity contribution < 1.29 is 4.79 Å². The van der Waals surface area contributed by atoms with Crippen molar-refractivity contribution in [2.45, 2.75) is 37.9 Å². The number of likely N-dealkylation sites (N-methyl/N-ethyl adjacent to an activating group) is 1. The van der Waals surface area contributed by atoms with Crippen molar-refractivity contribution in [1.82, 2.24) is 19.6 Å². The van der Waals surface area contributed by atoms with Crippen LogP contribution < -0.4 is 5.73 Å². The number of fused-ring (bicyclic) bond motifs is 2. The average Bonchev–Trinajstić information content (AvgIpc) is 2.84. The number of nitrogens with zero attached hydrogens (tertiary/aromatic N) is 4. The van der Waals surface area contributed by atoms with Crippen molar-refractivity contribution in [3.05, 3.63) is 12.4 Å². The molecule has 2 N–H and O–H groups in total. The summed E-state index contributed by atoms with van der Waals surface area (Å²) in [6.07, 6.45) is 6.85. The van der Waals surface area contributed by atoms with E-state index in [-0.39, 0.29) is 12.5 Å². The lowest BCUT2D eigenvalue weighted by atomic mass is 10.1. The second-order valence-electron chi connectivity index (χ2n) is 5.65. The second kappa shape index (κ2) is 4.85. The van der Waals surface area contributed by atoms with Crippen LogP contribution in [-0.2, 0) is 11.3 Å². The van der Waals surface area contributed by atoms with Crippen LogP contribution in [0.4, 0.5) is 5.69 Å². The minimum absolute atomic E-state index is 0.143. The Morgan fingerprint density at radius 3 is 2.95 bits per heavy atom. The summed E-state index contributed by atoms with van der Waals surface area (Å²) in [4.78, 5) is 16.7.